The van der Waals surface area contributed by atoms with E-state index in [-0.39, 0.29) is 43.2 Å². The van der Waals surface area contributed by atoms with Gasteiger partial charge < -0.3 is 19.7 Å². The van der Waals surface area contributed by atoms with E-state index in [1.807, 2.05) is 42.5 Å². The van der Waals surface area contributed by atoms with Crippen molar-refractivity contribution in [3.8, 4) is 28.1 Å². The van der Waals surface area contributed by atoms with Gasteiger partial charge in [-0.1, -0.05) is 37.3 Å². The number of imidazole rings is 1. The van der Waals surface area contributed by atoms with Gasteiger partial charge in [-0.3, -0.25) is 4.79 Å². The summed E-state index contributed by atoms with van der Waals surface area (Å²) < 4.78 is 44.9. The number of nitrogens with zero attached hydrogens (tertiary/aromatic N) is 2. The smallest absolute Gasteiger partial charge is 0.254 e. The number of nitrogens with one attached hydrogen (secondary N) is 1. The average molecular weight is 550 g/mol. The van der Waals surface area contributed by atoms with E-state index >= 15 is 4.39 Å². The van der Waals surface area contributed by atoms with Crippen molar-refractivity contribution in [2.75, 3.05) is 19.4 Å². The third-order valence-electron chi connectivity index (χ3n) is 6.83. The van der Waals surface area contributed by atoms with Crippen LogP contribution in [0.2, 0.25) is 0 Å². The van der Waals surface area contributed by atoms with Crippen LogP contribution in [0.4, 0.5) is 4.39 Å². The highest BCUT2D eigenvalue weighted by molar-refractivity contribution is 7.90. The van der Waals surface area contributed by atoms with Crippen LogP contribution < -0.4 is 4.74 Å². The zero-order chi connectivity index (χ0) is 27.7. The van der Waals surface area contributed by atoms with Crippen LogP contribution in [0.5, 0.6) is 5.75 Å². The van der Waals surface area contributed by atoms with Crippen molar-refractivity contribution >= 4 is 15.7 Å². The number of halogens is 1. The number of aliphatic hydroxyl groups excluding tert-OH is 1. The maximum atomic E-state index is 15.1. The lowest BCUT2D eigenvalue weighted by Crippen LogP contribution is -2.33. The molecule has 0 spiro atoms. The molecular weight excluding hydrogens is 521 g/mol. The maximum Gasteiger partial charge on any atom is 0.254 e. The van der Waals surface area contributed by atoms with Gasteiger partial charge in [-0.2, -0.15) is 0 Å². The maximum absolute atomic E-state index is 15.1. The van der Waals surface area contributed by atoms with Crippen LogP contribution in [0.3, 0.4) is 0 Å². The summed E-state index contributed by atoms with van der Waals surface area (Å²) in [7, 11) is -3.76. The first-order chi connectivity index (χ1) is 18.7. The van der Waals surface area contributed by atoms with Gasteiger partial charge in [-0.15, -0.1) is 0 Å². The molecule has 3 aromatic carbocycles. The number of aromatic amines is 1. The van der Waals surface area contributed by atoms with Gasteiger partial charge in [-0.25, -0.2) is 17.8 Å². The molecule has 0 aliphatic carbocycles. The predicted octanol–water partition coefficient (Wildman–Crippen LogP) is 4.38. The van der Waals surface area contributed by atoms with E-state index in [2.05, 4.69) is 9.97 Å². The number of carbonyl (C=O) groups excluding carboxylic acids is 1. The molecule has 1 aromatic heterocycles. The monoisotopic (exact) mass is 549 g/mol. The molecule has 1 amide bonds. The third kappa shape index (κ3) is 5.30. The normalized spacial score (nSPS) is 13.5. The number of carbonyl (C=O) groups is 1. The number of aliphatic hydroxyl groups is 1. The third-order valence-corrected chi connectivity index (χ3v) is 7.94. The van der Waals surface area contributed by atoms with E-state index in [0.29, 0.717) is 18.1 Å². The fourth-order valence-corrected chi connectivity index (χ4v) is 5.55. The molecule has 0 saturated carbocycles. The number of sulfone groups is 1. The summed E-state index contributed by atoms with van der Waals surface area (Å²) in [5, 5.41) is 9.24. The van der Waals surface area contributed by atoms with E-state index in [1.54, 1.807) is 18.0 Å². The van der Waals surface area contributed by atoms with Crippen molar-refractivity contribution in [1.29, 1.82) is 0 Å². The Hall–Kier alpha value is -4.02. The second kappa shape index (κ2) is 10.6. The SMILES string of the molecule is CCc1c(C(=O)N2CCOc3ccc(-c4ccc(-c5cnc(CO)[nH]5)cc4)cc3C2)ccc(S(C)(=O)=O)c1F. The van der Waals surface area contributed by atoms with E-state index in [0.717, 1.165) is 40.3 Å². The van der Waals surface area contributed by atoms with Crippen LogP contribution in [0.25, 0.3) is 22.4 Å². The summed E-state index contributed by atoms with van der Waals surface area (Å²) in [5.41, 5.74) is 4.71. The molecule has 202 valence electrons. The van der Waals surface area contributed by atoms with E-state index in [1.165, 1.54) is 6.07 Å². The first kappa shape index (κ1) is 26.6. The molecule has 39 heavy (non-hydrogen) atoms. The zero-order valence-electron chi connectivity index (χ0n) is 21.6. The van der Waals surface area contributed by atoms with Gasteiger partial charge in [0.15, 0.2) is 9.84 Å². The van der Waals surface area contributed by atoms with Crippen LogP contribution in [0.15, 0.2) is 65.7 Å². The highest BCUT2D eigenvalue weighted by Crippen LogP contribution is 2.32. The highest BCUT2D eigenvalue weighted by atomic mass is 32.2. The Morgan fingerprint density at radius 3 is 2.49 bits per heavy atom. The fraction of sp³-hybridized carbons (Fsp3) is 0.241. The van der Waals surface area contributed by atoms with Crippen molar-refractivity contribution in [1.82, 2.24) is 14.9 Å². The molecule has 0 fully saturated rings. The Morgan fingerprint density at radius 2 is 1.82 bits per heavy atom. The second-order valence-corrected chi connectivity index (χ2v) is 11.4. The first-order valence-electron chi connectivity index (χ1n) is 12.5. The van der Waals surface area contributed by atoms with Gasteiger partial charge in [0.2, 0.25) is 0 Å². The number of rotatable bonds is 6. The molecule has 0 radical (unpaired) electrons. The number of aromatic nitrogens is 2. The van der Waals surface area contributed by atoms with Crippen molar-refractivity contribution < 1.29 is 27.4 Å². The molecule has 0 bridgehead atoms. The minimum Gasteiger partial charge on any atom is -0.491 e. The Labute approximate surface area is 226 Å². The Morgan fingerprint density at radius 1 is 1.10 bits per heavy atom. The molecule has 0 unspecified atom stereocenters. The van der Waals surface area contributed by atoms with Gasteiger partial charge in [0.05, 0.1) is 18.4 Å². The number of benzene rings is 3. The van der Waals surface area contributed by atoms with E-state index < -0.39 is 20.5 Å². The van der Waals surface area contributed by atoms with E-state index in [4.69, 9.17) is 4.74 Å². The summed E-state index contributed by atoms with van der Waals surface area (Å²) in [6.07, 6.45) is 2.80. The summed E-state index contributed by atoms with van der Waals surface area (Å²) in [4.78, 5) is 21.9. The zero-order valence-corrected chi connectivity index (χ0v) is 22.4. The molecule has 2 heterocycles. The molecule has 1 aliphatic heterocycles. The molecule has 4 aromatic rings. The number of hydrogen-bond donors (Lipinski definition) is 2. The van der Waals surface area contributed by atoms with Gasteiger partial charge in [0, 0.05) is 29.5 Å². The molecule has 0 atom stereocenters. The lowest BCUT2D eigenvalue weighted by Gasteiger charge is -2.22. The van der Waals surface area contributed by atoms with Crippen molar-refractivity contribution in [3.05, 3.63) is 89.1 Å². The molecule has 0 saturated heterocycles. The highest BCUT2D eigenvalue weighted by Gasteiger charge is 2.27. The van der Waals surface area contributed by atoms with Crippen molar-refractivity contribution in [2.24, 2.45) is 0 Å². The van der Waals surface area contributed by atoms with Gasteiger partial charge in [0.1, 0.15) is 35.5 Å². The largest absolute Gasteiger partial charge is 0.491 e. The van der Waals surface area contributed by atoms with Gasteiger partial charge in [-0.05, 0) is 47.4 Å². The molecule has 5 rings (SSSR count). The topological polar surface area (TPSA) is 113 Å². The first-order valence-corrected chi connectivity index (χ1v) is 14.4. The van der Waals surface area contributed by atoms with Gasteiger partial charge in [0.25, 0.3) is 5.91 Å². The van der Waals surface area contributed by atoms with Crippen LogP contribution in [0, 0.1) is 5.82 Å². The molecule has 1 aliphatic rings. The van der Waals surface area contributed by atoms with Crippen LogP contribution in [-0.4, -0.2) is 53.7 Å². The number of amides is 1. The van der Waals surface area contributed by atoms with Crippen LogP contribution in [-0.2, 0) is 29.4 Å². The predicted molar refractivity (Wildman–Crippen MR) is 145 cm³/mol. The minimum atomic E-state index is -3.76. The van der Waals surface area contributed by atoms with E-state index in [9.17, 15) is 18.3 Å². The Balaban J connectivity index is 1.42. The van der Waals surface area contributed by atoms with Crippen molar-refractivity contribution in [2.45, 2.75) is 31.4 Å². The lowest BCUT2D eigenvalue weighted by atomic mass is 10.00. The Kier molecular flexibility index (Phi) is 7.24. The number of hydrogen-bond acceptors (Lipinski definition) is 6. The second-order valence-electron chi connectivity index (χ2n) is 9.41. The number of fused-ring (bicyclic) bond motifs is 1. The number of H-pyrrole nitrogens is 1. The average Bonchev–Trinajstić information content (AvgIpc) is 3.31. The lowest BCUT2D eigenvalue weighted by molar-refractivity contribution is 0.0731. The molecule has 10 heteroatoms. The van der Waals surface area contributed by atoms with Gasteiger partial charge >= 0.3 is 0 Å². The quantitative estimate of drug-likeness (QED) is 0.369. The summed E-state index contributed by atoms with van der Waals surface area (Å²) in [6.45, 7) is 2.37. The minimum absolute atomic E-state index is 0.0885. The molecular formula is C29H28FN3O5S. The molecule has 2 N–H and O–H groups in total. The standard InChI is InChI=1S/C29H28FN3O5S/c1-3-22-23(9-11-26(28(22)30)39(2,36)37)29(35)33-12-13-38-25-10-8-20(14-21(25)16-33)18-4-6-19(7-5-18)24-15-31-27(17-34)32-24/h4-11,14-15,34H,3,12-13,16-17H2,1-2H3,(H,31,32). The summed E-state index contributed by atoms with van der Waals surface area (Å²) in [5.74, 6) is -0.0716. The molecule has 8 nitrogen and oxygen atoms in total. The summed E-state index contributed by atoms with van der Waals surface area (Å²) >= 11 is 0. The van der Waals surface area contributed by atoms with Crippen LogP contribution in [0.1, 0.15) is 34.2 Å². The van der Waals surface area contributed by atoms with Crippen LogP contribution >= 0.6 is 0 Å². The summed E-state index contributed by atoms with van der Waals surface area (Å²) in [6, 6.07) is 16.3. The number of ether oxygens (including phenoxy) is 1. The Bertz CT molecular complexity index is 1650. The van der Waals surface area contributed by atoms with Crippen molar-refractivity contribution in [3.63, 3.8) is 0 Å². The fourth-order valence-electron chi connectivity index (χ4n) is 4.78.